The van der Waals surface area contributed by atoms with E-state index in [4.69, 9.17) is 9.47 Å². The molecule has 1 aromatic heterocycles. The molecule has 0 aliphatic heterocycles. The average molecular weight is 653 g/mol. The van der Waals surface area contributed by atoms with Crippen LogP contribution in [0.25, 0.3) is 16.3 Å². The van der Waals surface area contributed by atoms with Gasteiger partial charge in [-0.05, 0) is 80.6 Å². The number of para-hydroxylation sites is 1. The van der Waals surface area contributed by atoms with E-state index in [9.17, 15) is 14.4 Å². The highest BCUT2D eigenvalue weighted by Gasteiger charge is 2.18. The van der Waals surface area contributed by atoms with Gasteiger partial charge in [0.1, 0.15) is 17.2 Å². The lowest BCUT2D eigenvalue weighted by molar-refractivity contribution is -0.115. The van der Waals surface area contributed by atoms with Crippen LogP contribution in [-0.2, 0) is 9.59 Å². The normalized spacial score (nSPS) is 11.8. The Morgan fingerprint density at radius 1 is 0.935 bits per heavy atom. The summed E-state index contributed by atoms with van der Waals surface area (Å²) in [5.74, 6) is 0.220. The largest absolute Gasteiger partial charge is 0.496 e. The third-order valence-corrected chi connectivity index (χ3v) is 8.71. The topological polar surface area (TPSA) is 119 Å². The molecular weight excluding hydrogens is 621 g/mol. The summed E-state index contributed by atoms with van der Waals surface area (Å²) in [7, 11) is 1.54. The number of ether oxygens (including phenoxy) is 2. The maximum absolute atomic E-state index is 13.4. The summed E-state index contributed by atoms with van der Waals surface area (Å²) in [5.41, 5.74) is 2.41. The third-order valence-electron chi connectivity index (χ3n) is 6.66. The molecule has 1 unspecified atom stereocenters. The Morgan fingerprint density at radius 3 is 2.41 bits per heavy atom. The number of anilines is 2. The fourth-order valence-electron chi connectivity index (χ4n) is 4.38. The number of carbonyl (C=O) groups excluding carboxylic acids is 3. The maximum atomic E-state index is 13.4. The molecule has 0 bridgehead atoms. The van der Waals surface area contributed by atoms with Crippen molar-refractivity contribution in [2.24, 2.45) is 0 Å². The van der Waals surface area contributed by atoms with E-state index in [1.165, 1.54) is 23.1 Å². The highest BCUT2D eigenvalue weighted by molar-refractivity contribution is 8.00. The minimum Gasteiger partial charge on any atom is -0.496 e. The van der Waals surface area contributed by atoms with Crippen molar-refractivity contribution in [1.82, 2.24) is 10.3 Å². The fraction of sp³-hybridized carbons (Fsp3) is 0.143. The van der Waals surface area contributed by atoms with E-state index in [2.05, 4.69) is 20.9 Å². The predicted molar refractivity (Wildman–Crippen MR) is 185 cm³/mol. The number of thioether (sulfide) groups is 1. The molecule has 0 spiro atoms. The van der Waals surface area contributed by atoms with Crippen LogP contribution in [0.3, 0.4) is 0 Å². The lowest BCUT2D eigenvalue weighted by atomic mass is 10.1. The number of rotatable bonds is 12. The van der Waals surface area contributed by atoms with Gasteiger partial charge in [-0.3, -0.25) is 14.4 Å². The highest BCUT2D eigenvalue weighted by atomic mass is 32.2. The van der Waals surface area contributed by atoms with Gasteiger partial charge in [0.2, 0.25) is 5.91 Å². The Hall–Kier alpha value is -5.13. The van der Waals surface area contributed by atoms with Crippen LogP contribution in [0.15, 0.2) is 108 Å². The molecule has 0 aliphatic carbocycles. The molecule has 9 nitrogen and oxygen atoms in total. The summed E-state index contributed by atoms with van der Waals surface area (Å²) >= 11 is 2.78. The van der Waals surface area contributed by atoms with Crippen molar-refractivity contribution in [1.29, 1.82) is 0 Å². The van der Waals surface area contributed by atoms with Gasteiger partial charge in [-0.2, -0.15) is 0 Å². The number of aromatic nitrogens is 1. The predicted octanol–water partition coefficient (Wildman–Crippen LogP) is 7.23. The monoisotopic (exact) mass is 652 g/mol. The number of fused-ring (bicyclic) bond motifs is 1. The molecule has 234 valence electrons. The zero-order valence-electron chi connectivity index (χ0n) is 25.4. The zero-order valence-corrected chi connectivity index (χ0v) is 27.0. The van der Waals surface area contributed by atoms with E-state index in [0.717, 1.165) is 20.9 Å². The summed E-state index contributed by atoms with van der Waals surface area (Å²) in [4.78, 5) is 44.7. The molecule has 0 fully saturated rings. The van der Waals surface area contributed by atoms with Gasteiger partial charge in [-0.1, -0.05) is 47.7 Å². The summed E-state index contributed by atoms with van der Waals surface area (Å²) in [6.07, 6.45) is 1.57. The van der Waals surface area contributed by atoms with E-state index in [0.29, 0.717) is 34.3 Å². The van der Waals surface area contributed by atoms with Crippen molar-refractivity contribution in [2.75, 3.05) is 24.4 Å². The summed E-state index contributed by atoms with van der Waals surface area (Å²) in [6, 6.07) is 28.6. The molecule has 46 heavy (non-hydrogen) atoms. The molecule has 0 aliphatic rings. The molecular formula is C35H32N4O5S2. The third kappa shape index (κ3) is 8.32. The molecule has 3 N–H and O–H groups in total. The number of nitrogens with zero attached hydrogens (tertiary/aromatic N) is 1. The Labute approximate surface area is 275 Å². The minimum atomic E-state index is -0.507. The number of methoxy groups -OCH3 is 1. The molecule has 5 rings (SSSR count). The van der Waals surface area contributed by atoms with Crippen LogP contribution in [0.1, 0.15) is 29.8 Å². The summed E-state index contributed by atoms with van der Waals surface area (Å²) in [6.45, 7) is 4.32. The molecule has 4 aromatic carbocycles. The van der Waals surface area contributed by atoms with Crippen molar-refractivity contribution < 1.29 is 23.9 Å². The second-order valence-electron chi connectivity index (χ2n) is 9.93. The number of hydrogen-bond donors (Lipinski definition) is 3. The van der Waals surface area contributed by atoms with Crippen LogP contribution >= 0.6 is 23.1 Å². The molecule has 11 heteroatoms. The number of thiazole rings is 1. The SMILES string of the molecule is CCOc1ccc2nc(NC(=O)C(C)Sc3ccc(NC(=O)/C(=C/c4ccccc4OC)NC(=O)c4ccccc4)cc3)sc2c1. The van der Waals surface area contributed by atoms with Crippen LogP contribution < -0.4 is 25.4 Å². The number of nitrogens with one attached hydrogen (secondary N) is 3. The molecule has 3 amide bonds. The van der Waals surface area contributed by atoms with Gasteiger partial charge in [0.15, 0.2) is 5.13 Å². The van der Waals surface area contributed by atoms with Crippen molar-refractivity contribution >= 4 is 67.9 Å². The van der Waals surface area contributed by atoms with Crippen LogP contribution in [0, 0.1) is 0 Å². The van der Waals surface area contributed by atoms with Crippen LogP contribution in [0.5, 0.6) is 11.5 Å². The first kappa shape index (κ1) is 32.3. The molecule has 0 radical (unpaired) electrons. The first-order chi connectivity index (χ1) is 22.3. The molecule has 0 saturated heterocycles. The van der Waals surface area contributed by atoms with Gasteiger partial charge in [-0.25, -0.2) is 4.98 Å². The van der Waals surface area contributed by atoms with Gasteiger partial charge >= 0.3 is 0 Å². The molecule has 0 saturated carbocycles. The number of carbonyl (C=O) groups is 3. The minimum absolute atomic E-state index is 0.0473. The Morgan fingerprint density at radius 2 is 1.67 bits per heavy atom. The smallest absolute Gasteiger partial charge is 0.272 e. The number of amides is 3. The van der Waals surface area contributed by atoms with Crippen molar-refractivity contribution in [3.8, 4) is 11.5 Å². The van der Waals surface area contributed by atoms with Crippen LogP contribution in [-0.4, -0.2) is 41.7 Å². The van der Waals surface area contributed by atoms with E-state index in [1.54, 1.807) is 61.7 Å². The van der Waals surface area contributed by atoms with E-state index < -0.39 is 17.1 Å². The van der Waals surface area contributed by atoms with Gasteiger partial charge < -0.3 is 25.4 Å². The lowest BCUT2D eigenvalue weighted by Crippen LogP contribution is -2.30. The second-order valence-corrected chi connectivity index (χ2v) is 12.4. The summed E-state index contributed by atoms with van der Waals surface area (Å²) in [5, 5.41) is 8.61. The van der Waals surface area contributed by atoms with E-state index >= 15 is 0 Å². The van der Waals surface area contributed by atoms with Gasteiger partial charge in [-0.15, -0.1) is 11.8 Å². The summed E-state index contributed by atoms with van der Waals surface area (Å²) < 4.78 is 11.9. The Balaban J connectivity index is 1.24. The standard InChI is InChI=1S/C35H32N4O5S2/c1-4-44-26-16-19-28-31(21-26)46-35(38-28)39-32(40)22(2)45-27-17-14-25(15-18-27)36-34(42)29(20-24-12-8-9-13-30(24)43-3)37-33(41)23-10-6-5-7-11-23/h5-22H,4H2,1-3H3,(H,36,42)(H,37,41)(H,38,39,40)/b29-20-. The first-order valence-corrected chi connectivity index (χ1v) is 16.2. The van der Waals surface area contributed by atoms with Gasteiger partial charge in [0.05, 0.1) is 29.2 Å². The van der Waals surface area contributed by atoms with Crippen molar-refractivity contribution in [3.63, 3.8) is 0 Å². The maximum Gasteiger partial charge on any atom is 0.272 e. The van der Waals surface area contributed by atoms with Crippen LogP contribution in [0.4, 0.5) is 10.8 Å². The van der Waals surface area contributed by atoms with Crippen molar-refractivity contribution in [3.05, 3.63) is 114 Å². The number of hydrogen-bond acceptors (Lipinski definition) is 8. The lowest BCUT2D eigenvalue weighted by Gasteiger charge is -2.13. The van der Waals surface area contributed by atoms with Crippen LogP contribution in [0.2, 0.25) is 0 Å². The van der Waals surface area contributed by atoms with Crippen molar-refractivity contribution in [2.45, 2.75) is 24.0 Å². The fourth-order valence-corrected chi connectivity index (χ4v) is 6.14. The Bertz CT molecular complexity index is 1870. The van der Waals surface area contributed by atoms with Gasteiger partial charge in [0, 0.05) is 21.7 Å². The molecule has 1 atom stereocenters. The highest BCUT2D eigenvalue weighted by Crippen LogP contribution is 2.31. The Kier molecular flexibility index (Phi) is 10.7. The molecule has 5 aromatic rings. The first-order valence-electron chi connectivity index (χ1n) is 14.5. The zero-order chi connectivity index (χ0) is 32.5. The van der Waals surface area contributed by atoms with E-state index in [-0.39, 0.29) is 11.6 Å². The molecule has 1 heterocycles. The second kappa shape index (κ2) is 15.2. The average Bonchev–Trinajstić information content (AvgIpc) is 3.47. The number of benzene rings is 4. The quantitative estimate of drug-likeness (QED) is 0.0961. The van der Waals surface area contributed by atoms with Gasteiger partial charge in [0.25, 0.3) is 11.8 Å². The van der Waals surface area contributed by atoms with E-state index in [1.807, 2.05) is 62.4 Å².